The lowest BCUT2D eigenvalue weighted by Crippen LogP contribution is -2.42. The molecule has 1 aromatic heterocycles. The Morgan fingerprint density at radius 2 is 2.44 bits per heavy atom. The first-order chi connectivity index (χ1) is 7.78. The number of nitrogens with zero attached hydrogens (tertiary/aromatic N) is 2. The summed E-state index contributed by atoms with van der Waals surface area (Å²) in [7, 11) is 0. The molecule has 4 heteroatoms. The third-order valence-corrected chi connectivity index (χ3v) is 3.45. The van der Waals surface area contributed by atoms with Gasteiger partial charge in [-0.2, -0.15) is 0 Å². The number of alkyl halides is 1. The highest BCUT2D eigenvalue weighted by atomic mass is 79.9. The van der Waals surface area contributed by atoms with Gasteiger partial charge in [-0.3, -0.25) is 9.88 Å². The molecular formula is C12H17BrN2O. The minimum absolute atomic E-state index is 0.318. The third-order valence-electron chi connectivity index (χ3n) is 2.73. The van der Waals surface area contributed by atoms with Crippen molar-refractivity contribution in [2.75, 3.05) is 25.0 Å². The van der Waals surface area contributed by atoms with Crippen LogP contribution in [-0.4, -0.2) is 41.0 Å². The quantitative estimate of drug-likeness (QED) is 0.794. The van der Waals surface area contributed by atoms with Crippen LogP contribution in [0.15, 0.2) is 18.2 Å². The Kier molecular flexibility index (Phi) is 4.32. The van der Waals surface area contributed by atoms with Gasteiger partial charge in [-0.25, -0.2) is 0 Å². The lowest BCUT2D eigenvalue weighted by atomic mass is 10.2. The summed E-state index contributed by atoms with van der Waals surface area (Å²) in [4.78, 5) is 6.92. The molecule has 1 fully saturated rings. The lowest BCUT2D eigenvalue weighted by Gasteiger charge is -2.31. The second kappa shape index (κ2) is 5.75. The van der Waals surface area contributed by atoms with E-state index >= 15 is 0 Å². The van der Waals surface area contributed by atoms with Gasteiger partial charge in [0.1, 0.15) is 0 Å². The fraction of sp³-hybridized carbons (Fsp3) is 0.583. The van der Waals surface area contributed by atoms with E-state index in [0.29, 0.717) is 6.10 Å². The van der Waals surface area contributed by atoms with Crippen molar-refractivity contribution in [3.05, 3.63) is 29.6 Å². The zero-order valence-electron chi connectivity index (χ0n) is 9.53. The highest BCUT2D eigenvalue weighted by Crippen LogP contribution is 2.11. The number of rotatable bonds is 3. The number of aryl methyl sites for hydroxylation is 1. The molecule has 0 spiro atoms. The number of pyridine rings is 1. The summed E-state index contributed by atoms with van der Waals surface area (Å²) in [6, 6.07) is 6.19. The second-order valence-corrected chi connectivity index (χ2v) is 4.80. The molecular weight excluding hydrogens is 268 g/mol. The number of halogens is 1. The van der Waals surface area contributed by atoms with Crippen molar-refractivity contribution in [1.82, 2.24) is 9.88 Å². The van der Waals surface area contributed by atoms with Crippen molar-refractivity contribution < 1.29 is 4.74 Å². The molecule has 2 rings (SSSR count). The highest BCUT2D eigenvalue weighted by molar-refractivity contribution is 9.09. The van der Waals surface area contributed by atoms with Crippen LogP contribution < -0.4 is 0 Å². The molecule has 2 heterocycles. The van der Waals surface area contributed by atoms with Gasteiger partial charge in [0.2, 0.25) is 0 Å². The van der Waals surface area contributed by atoms with Crippen molar-refractivity contribution in [3.63, 3.8) is 0 Å². The largest absolute Gasteiger partial charge is 0.375 e. The second-order valence-electron chi connectivity index (χ2n) is 4.15. The molecule has 0 amide bonds. The van der Waals surface area contributed by atoms with Gasteiger partial charge in [-0.15, -0.1) is 0 Å². The first-order valence-electron chi connectivity index (χ1n) is 5.60. The molecule has 0 aliphatic carbocycles. The average molecular weight is 285 g/mol. The van der Waals surface area contributed by atoms with Crippen LogP contribution in [0.2, 0.25) is 0 Å². The molecule has 0 aromatic carbocycles. The molecule has 1 unspecified atom stereocenters. The van der Waals surface area contributed by atoms with E-state index in [4.69, 9.17) is 4.74 Å². The molecule has 16 heavy (non-hydrogen) atoms. The van der Waals surface area contributed by atoms with Gasteiger partial charge in [0.25, 0.3) is 0 Å². The van der Waals surface area contributed by atoms with Crippen LogP contribution in [0.1, 0.15) is 11.4 Å². The fourth-order valence-corrected chi connectivity index (χ4v) is 2.33. The first kappa shape index (κ1) is 12.0. The summed E-state index contributed by atoms with van der Waals surface area (Å²) in [5, 5.41) is 0.907. The van der Waals surface area contributed by atoms with Crippen LogP contribution in [0.25, 0.3) is 0 Å². The Morgan fingerprint density at radius 1 is 1.56 bits per heavy atom. The van der Waals surface area contributed by atoms with Crippen LogP contribution in [0.3, 0.4) is 0 Å². The first-order valence-corrected chi connectivity index (χ1v) is 6.72. The third kappa shape index (κ3) is 3.27. The molecule has 0 N–H and O–H groups in total. The molecule has 1 aromatic rings. The molecule has 3 nitrogen and oxygen atoms in total. The zero-order chi connectivity index (χ0) is 11.4. The van der Waals surface area contributed by atoms with Crippen molar-refractivity contribution in [2.45, 2.75) is 19.6 Å². The van der Waals surface area contributed by atoms with E-state index in [2.05, 4.69) is 37.9 Å². The Balaban J connectivity index is 1.94. The van der Waals surface area contributed by atoms with Gasteiger partial charge in [0.15, 0.2) is 0 Å². The molecule has 1 saturated heterocycles. The predicted octanol–water partition coefficient (Wildman–Crippen LogP) is 1.99. The summed E-state index contributed by atoms with van der Waals surface area (Å²) in [6.45, 7) is 5.76. The summed E-state index contributed by atoms with van der Waals surface area (Å²) >= 11 is 3.47. The van der Waals surface area contributed by atoms with Crippen molar-refractivity contribution in [3.8, 4) is 0 Å². The van der Waals surface area contributed by atoms with Crippen molar-refractivity contribution in [2.24, 2.45) is 0 Å². The van der Waals surface area contributed by atoms with Crippen LogP contribution in [0.4, 0.5) is 0 Å². The monoisotopic (exact) mass is 284 g/mol. The van der Waals surface area contributed by atoms with Gasteiger partial charge in [-0.1, -0.05) is 22.0 Å². The maximum absolute atomic E-state index is 5.61. The Labute approximate surface area is 105 Å². The van der Waals surface area contributed by atoms with E-state index in [1.807, 2.05) is 13.0 Å². The Bertz CT molecular complexity index is 346. The number of ether oxygens (including phenoxy) is 1. The van der Waals surface area contributed by atoms with Crippen LogP contribution >= 0.6 is 15.9 Å². The van der Waals surface area contributed by atoms with Crippen LogP contribution in [-0.2, 0) is 11.3 Å². The number of morpholine rings is 1. The average Bonchev–Trinajstić information content (AvgIpc) is 2.29. The molecule has 88 valence electrons. The van der Waals surface area contributed by atoms with E-state index in [-0.39, 0.29) is 0 Å². The van der Waals surface area contributed by atoms with E-state index in [1.165, 1.54) is 0 Å². The standard InChI is InChI=1S/C12H17BrN2O/c1-10-3-2-4-11(14-10)8-15-5-6-16-12(7-13)9-15/h2-4,12H,5-9H2,1H3. The van der Waals surface area contributed by atoms with Gasteiger partial charge in [0.05, 0.1) is 18.4 Å². The maximum atomic E-state index is 5.61. The minimum Gasteiger partial charge on any atom is -0.375 e. The summed E-state index contributed by atoms with van der Waals surface area (Å²) in [5.41, 5.74) is 2.23. The Morgan fingerprint density at radius 3 is 3.19 bits per heavy atom. The molecule has 0 bridgehead atoms. The summed E-state index contributed by atoms with van der Waals surface area (Å²) in [6.07, 6.45) is 0.318. The summed E-state index contributed by atoms with van der Waals surface area (Å²) in [5.74, 6) is 0. The molecule has 1 aliphatic heterocycles. The maximum Gasteiger partial charge on any atom is 0.0799 e. The van der Waals surface area contributed by atoms with E-state index in [1.54, 1.807) is 0 Å². The van der Waals surface area contributed by atoms with E-state index < -0.39 is 0 Å². The molecule has 1 atom stereocenters. The van der Waals surface area contributed by atoms with Crippen LogP contribution in [0, 0.1) is 6.92 Å². The summed E-state index contributed by atoms with van der Waals surface area (Å²) < 4.78 is 5.61. The highest BCUT2D eigenvalue weighted by Gasteiger charge is 2.19. The lowest BCUT2D eigenvalue weighted by molar-refractivity contribution is -0.0185. The van der Waals surface area contributed by atoms with E-state index in [0.717, 1.165) is 43.0 Å². The zero-order valence-corrected chi connectivity index (χ0v) is 11.1. The van der Waals surface area contributed by atoms with Crippen molar-refractivity contribution >= 4 is 15.9 Å². The number of hydrogen-bond acceptors (Lipinski definition) is 3. The van der Waals surface area contributed by atoms with Gasteiger partial charge >= 0.3 is 0 Å². The van der Waals surface area contributed by atoms with Crippen LogP contribution in [0.5, 0.6) is 0 Å². The fourth-order valence-electron chi connectivity index (χ4n) is 1.93. The molecule has 1 aliphatic rings. The number of aromatic nitrogens is 1. The number of hydrogen-bond donors (Lipinski definition) is 0. The van der Waals surface area contributed by atoms with Gasteiger partial charge in [0, 0.05) is 30.7 Å². The SMILES string of the molecule is Cc1cccc(CN2CCOC(CBr)C2)n1. The topological polar surface area (TPSA) is 25.4 Å². The van der Waals surface area contributed by atoms with Gasteiger partial charge < -0.3 is 4.74 Å². The Hall–Kier alpha value is -0.450. The minimum atomic E-state index is 0.318. The molecule has 0 saturated carbocycles. The van der Waals surface area contributed by atoms with Crippen molar-refractivity contribution in [1.29, 1.82) is 0 Å². The smallest absolute Gasteiger partial charge is 0.0799 e. The predicted molar refractivity (Wildman–Crippen MR) is 67.8 cm³/mol. The normalized spacial score (nSPS) is 22.2. The van der Waals surface area contributed by atoms with E-state index in [9.17, 15) is 0 Å². The molecule has 0 radical (unpaired) electrons. The van der Waals surface area contributed by atoms with Gasteiger partial charge in [-0.05, 0) is 19.1 Å².